The lowest BCUT2D eigenvalue weighted by atomic mass is 10.3. The third-order valence-electron chi connectivity index (χ3n) is 2.80. The quantitative estimate of drug-likeness (QED) is 0.763. The first kappa shape index (κ1) is 12.6. The number of methoxy groups -OCH3 is 1. The second kappa shape index (κ2) is 5.63. The minimum atomic E-state index is 0.0741. The zero-order chi connectivity index (χ0) is 13.0. The molecule has 0 aliphatic rings. The van der Waals surface area contributed by atoms with Gasteiger partial charge in [-0.15, -0.1) is 10.2 Å². The molecule has 0 fully saturated rings. The van der Waals surface area contributed by atoms with Crippen LogP contribution in [0.25, 0.3) is 0 Å². The van der Waals surface area contributed by atoms with Crippen LogP contribution >= 0.6 is 0 Å². The van der Waals surface area contributed by atoms with Crippen LogP contribution in [0.2, 0.25) is 0 Å². The Morgan fingerprint density at radius 3 is 3.00 bits per heavy atom. The van der Waals surface area contributed by atoms with Gasteiger partial charge in [0.15, 0.2) is 5.82 Å². The number of nitrogens with one attached hydrogen (secondary N) is 1. The lowest BCUT2D eigenvalue weighted by Gasteiger charge is -2.16. The molecule has 18 heavy (non-hydrogen) atoms. The molecule has 0 aliphatic heterocycles. The van der Waals surface area contributed by atoms with Gasteiger partial charge < -0.3 is 19.2 Å². The van der Waals surface area contributed by atoms with Gasteiger partial charge in [-0.1, -0.05) is 0 Å². The fourth-order valence-corrected chi connectivity index (χ4v) is 1.82. The molecule has 0 saturated carbocycles. The van der Waals surface area contributed by atoms with E-state index in [0.717, 1.165) is 18.3 Å². The number of nitrogens with zero attached hydrogens (tertiary/aromatic N) is 5. The second-order valence-electron chi connectivity index (χ2n) is 4.05. The molecule has 2 aromatic rings. The predicted octanol–water partition coefficient (Wildman–Crippen LogP) is 0.679. The van der Waals surface area contributed by atoms with E-state index in [1.54, 1.807) is 19.6 Å². The van der Waals surface area contributed by atoms with Crippen molar-refractivity contribution in [3.05, 3.63) is 24.5 Å². The Bertz CT molecular complexity index is 491. The van der Waals surface area contributed by atoms with Crippen LogP contribution in [-0.2, 0) is 11.8 Å². The SMILES string of the molecule is COCCNc1nccn1C(C)c1nncn1C. The van der Waals surface area contributed by atoms with Crippen LogP contribution in [0.5, 0.6) is 0 Å². The van der Waals surface area contributed by atoms with Crippen molar-refractivity contribution in [2.24, 2.45) is 7.05 Å². The van der Waals surface area contributed by atoms with Crippen molar-refractivity contribution in [2.75, 3.05) is 25.6 Å². The number of aryl methyl sites for hydroxylation is 1. The van der Waals surface area contributed by atoms with Crippen molar-refractivity contribution in [3.63, 3.8) is 0 Å². The molecular formula is C11H18N6O. The van der Waals surface area contributed by atoms with E-state index in [4.69, 9.17) is 4.74 Å². The number of hydrogen-bond acceptors (Lipinski definition) is 5. The average molecular weight is 250 g/mol. The largest absolute Gasteiger partial charge is 0.383 e. The van der Waals surface area contributed by atoms with Gasteiger partial charge in [-0.25, -0.2) is 4.98 Å². The van der Waals surface area contributed by atoms with Gasteiger partial charge in [0.25, 0.3) is 0 Å². The van der Waals surface area contributed by atoms with E-state index < -0.39 is 0 Å². The van der Waals surface area contributed by atoms with Crippen LogP contribution in [-0.4, -0.2) is 44.6 Å². The number of anilines is 1. The third-order valence-corrected chi connectivity index (χ3v) is 2.80. The lowest BCUT2D eigenvalue weighted by Crippen LogP contribution is -2.17. The molecule has 0 spiro atoms. The fraction of sp³-hybridized carbons (Fsp3) is 0.545. The van der Waals surface area contributed by atoms with Gasteiger partial charge in [-0.05, 0) is 6.92 Å². The monoisotopic (exact) mass is 250 g/mol. The van der Waals surface area contributed by atoms with Crippen LogP contribution in [0.4, 0.5) is 5.95 Å². The van der Waals surface area contributed by atoms with Crippen LogP contribution < -0.4 is 5.32 Å². The highest BCUT2D eigenvalue weighted by atomic mass is 16.5. The predicted molar refractivity (Wildman–Crippen MR) is 67.4 cm³/mol. The number of rotatable bonds is 6. The first-order valence-corrected chi connectivity index (χ1v) is 5.83. The Kier molecular flexibility index (Phi) is 3.93. The summed E-state index contributed by atoms with van der Waals surface area (Å²) in [6.07, 6.45) is 5.39. The Balaban J connectivity index is 2.13. The first-order chi connectivity index (χ1) is 8.74. The minimum absolute atomic E-state index is 0.0741. The molecule has 1 atom stereocenters. The number of ether oxygens (including phenoxy) is 1. The summed E-state index contributed by atoms with van der Waals surface area (Å²) in [6, 6.07) is 0.0741. The van der Waals surface area contributed by atoms with Gasteiger partial charge >= 0.3 is 0 Å². The van der Waals surface area contributed by atoms with Crippen molar-refractivity contribution in [1.29, 1.82) is 0 Å². The Morgan fingerprint density at radius 2 is 2.33 bits per heavy atom. The Labute approximate surface area is 106 Å². The summed E-state index contributed by atoms with van der Waals surface area (Å²) < 4.78 is 8.94. The van der Waals surface area contributed by atoms with Crippen molar-refractivity contribution in [3.8, 4) is 0 Å². The van der Waals surface area contributed by atoms with Gasteiger partial charge in [0.1, 0.15) is 6.33 Å². The van der Waals surface area contributed by atoms with Crippen molar-refractivity contribution in [1.82, 2.24) is 24.3 Å². The zero-order valence-corrected chi connectivity index (χ0v) is 10.9. The number of imidazole rings is 1. The summed E-state index contributed by atoms with van der Waals surface area (Å²) >= 11 is 0. The van der Waals surface area contributed by atoms with Gasteiger partial charge in [-0.3, -0.25) is 0 Å². The highest BCUT2D eigenvalue weighted by molar-refractivity contribution is 5.27. The molecule has 2 heterocycles. The van der Waals surface area contributed by atoms with E-state index in [1.165, 1.54) is 0 Å². The maximum absolute atomic E-state index is 5.01. The maximum atomic E-state index is 5.01. The van der Waals surface area contributed by atoms with E-state index in [1.807, 2.05) is 22.4 Å². The molecule has 2 aromatic heterocycles. The van der Waals surface area contributed by atoms with E-state index in [-0.39, 0.29) is 6.04 Å². The van der Waals surface area contributed by atoms with E-state index in [2.05, 4.69) is 27.4 Å². The van der Waals surface area contributed by atoms with Gasteiger partial charge in [0.2, 0.25) is 5.95 Å². The molecule has 0 aromatic carbocycles. The maximum Gasteiger partial charge on any atom is 0.203 e. The molecule has 7 nitrogen and oxygen atoms in total. The number of hydrogen-bond donors (Lipinski definition) is 1. The molecule has 0 saturated heterocycles. The summed E-state index contributed by atoms with van der Waals surface area (Å²) in [6.45, 7) is 3.43. The molecule has 0 aliphatic carbocycles. The molecule has 1 unspecified atom stereocenters. The van der Waals surface area contributed by atoms with Crippen molar-refractivity contribution in [2.45, 2.75) is 13.0 Å². The van der Waals surface area contributed by atoms with E-state index in [0.29, 0.717) is 6.61 Å². The smallest absolute Gasteiger partial charge is 0.203 e. The van der Waals surface area contributed by atoms with E-state index >= 15 is 0 Å². The standard InChI is InChI=1S/C11H18N6O/c1-9(10-15-14-8-16(10)2)17-6-4-12-11(17)13-5-7-18-3/h4,6,8-9H,5,7H2,1-3H3,(H,12,13). The van der Waals surface area contributed by atoms with Gasteiger partial charge in [0, 0.05) is 33.1 Å². The van der Waals surface area contributed by atoms with Gasteiger partial charge in [0.05, 0.1) is 12.6 Å². The fourth-order valence-electron chi connectivity index (χ4n) is 1.82. The first-order valence-electron chi connectivity index (χ1n) is 5.83. The molecule has 2 rings (SSSR count). The van der Waals surface area contributed by atoms with Crippen LogP contribution in [0.3, 0.4) is 0 Å². The summed E-state index contributed by atoms with van der Waals surface area (Å²) in [5, 5.41) is 11.2. The summed E-state index contributed by atoms with van der Waals surface area (Å²) in [4.78, 5) is 4.29. The Morgan fingerprint density at radius 1 is 1.50 bits per heavy atom. The van der Waals surface area contributed by atoms with Crippen LogP contribution in [0.1, 0.15) is 18.8 Å². The molecule has 1 N–H and O–H groups in total. The Hall–Kier alpha value is -1.89. The number of aromatic nitrogens is 5. The summed E-state index contributed by atoms with van der Waals surface area (Å²) in [5.74, 6) is 1.70. The van der Waals surface area contributed by atoms with E-state index in [9.17, 15) is 0 Å². The molecule has 0 bridgehead atoms. The highest BCUT2D eigenvalue weighted by Crippen LogP contribution is 2.18. The van der Waals surface area contributed by atoms with Gasteiger partial charge in [-0.2, -0.15) is 0 Å². The summed E-state index contributed by atoms with van der Waals surface area (Å²) in [5.41, 5.74) is 0. The zero-order valence-electron chi connectivity index (χ0n) is 10.9. The molecular weight excluding hydrogens is 232 g/mol. The second-order valence-corrected chi connectivity index (χ2v) is 4.05. The molecule has 0 radical (unpaired) electrons. The normalized spacial score (nSPS) is 12.6. The van der Waals surface area contributed by atoms with Crippen LogP contribution in [0, 0.1) is 0 Å². The van der Waals surface area contributed by atoms with Crippen LogP contribution in [0.15, 0.2) is 18.7 Å². The average Bonchev–Trinajstić information content (AvgIpc) is 2.97. The highest BCUT2D eigenvalue weighted by Gasteiger charge is 2.16. The third kappa shape index (κ3) is 2.51. The topological polar surface area (TPSA) is 69.8 Å². The molecule has 98 valence electrons. The van der Waals surface area contributed by atoms with Crippen molar-refractivity contribution < 1.29 is 4.74 Å². The molecule has 0 amide bonds. The molecule has 7 heteroatoms. The van der Waals surface area contributed by atoms with Crippen molar-refractivity contribution >= 4 is 5.95 Å². The summed E-state index contributed by atoms with van der Waals surface area (Å²) in [7, 11) is 3.61. The lowest BCUT2D eigenvalue weighted by molar-refractivity contribution is 0.210. The minimum Gasteiger partial charge on any atom is -0.383 e.